The van der Waals surface area contributed by atoms with Gasteiger partial charge in [0.05, 0.1) is 13.2 Å². The van der Waals surface area contributed by atoms with E-state index in [0.29, 0.717) is 30.9 Å². The number of rotatable bonds is 7. The van der Waals surface area contributed by atoms with Crippen LogP contribution in [0.15, 0.2) is 36.2 Å². The van der Waals surface area contributed by atoms with Crippen LogP contribution in [0.4, 0.5) is 4.39 Å². The largest absolute Gasteiger partial charge is 0.468 e. The minimum Gasteiger partial charge on any atom is -0.468 e. The number of halogens is 2. The number of hydrogen-bond acceptors (Lipinski definition) is 7. The number of likely N-dealkylation sites (tertiary alicyclic amines) is 1. The lowest BCUT2D eigenvalue weighted by molar-refractivity contribution is -0.141. The van der Waals surface area contributed by atoms with Crippen LogP contribution in [0.3, 0.4) is 0 Å². The number of methoxy groups -OCH3 is 1. The summed E-state index contributed by atoms with van der Waals surface area (Å²) in [5, 5.41) is 4.05. The average molecular weight is 481 g/mol. The van der Waals surface area contributed by atoms with Crippen molar-refractivity contribution in [1.29, 1.82) is 0 Å². The van der Waals surface area contributed by atoms with Crippen molar-refractivity contribution in [3.8, 4) is 0 Å². The van der Waals surface area contributed by atoms with Crippen LogP contribution in [0.5, 0.6) is 0 Å². The maximum absolute atomic E-state index is 14.7. The van der Waals surface area contributed by atoms with Crippen molar-refractivity contribution in [3.05, 3.63) is 53.4 Å². The Morgan fingerprint density at radius 1 is 1.31 bits per heavy atom. The minimum absolute atomic E-state index is 0. The van der Waals surface area contributed by atoms with Gasteiger partial charge in [-0.2, -0.15) is 17.7 Å². The number of hydrogen-bond donors (Lipinski definition) is 1. The first kappa shape index (κ1) is 24.4. The molecule has 32 heavy (non-hydrogen) atoms. The molecule has 0 spiro atoms. The molecule has 0 radical (unpaired) electrons. The minimum atomic E-state index is -0.620. The maximum atomic E-state index is 14.7. The third-order valence-corrected chi connectivity index (χ3v) is 6.37. The molecule has 1 aliphatic heterocycles. The normalized spacial score (nSPS) is 21.1. The van der Waals surface area contributed by atoms with Gasteiger partial charge in [-0.1, -0.05) is 18.2 Å². The SMILES string of the molecule is COC(=O)Cn1ncnc1/C=C1\CN(C(C(=O)C2CC2)c2ccccc2F)CCC1S.Cl. The van der Waals surface area contributed by atoms with Gasteiger partial charge in [-0.3, -0.25) is 14.5 Å². The summed E-state index contributed by atoms with van der Waals surface area (Å²) in [7, 11) is 1.32. The Morgan fingerprint density at radius 2 is 2.06 bits per heavy atom. The van der Waals surface area contributed by atoms with Crippen LogP contribution in [-0.4, -0.2) is 56.9 Å². The highest BCUT2D eigenvalue weighted by Crippen LogP contribution is 2.39. The van der Waals surface area contributed by atoms with E-state index < -0.39 is 12.0 Å². The van der Waals surface area contributed by atoms with Crippen molar-refractivity contribution in [2.24, 2.45) is 5.92 Å². The van der Waals surface area contributed by atoms with E-state index in [1.807, 2.05) is 11.0 Å². The standard InChI is InChI=1S/C22H25FN4O3S.ClH/c1-30-20(28)12-27-19(24-13-25-27)10-15-11-26(9-8-18(15)31)21(22(29)14-6-7-14)16-4-2-3-5-17(16)23;/h2-5,10,13-14,18,21,31H,6-9,11-12H2,1H3;1H/b15-10+;. The zero-order valence-corrected chi connectivity index (χ0v) is 19.4. The number of piperidine rings is 1. The molecule has 1 aliphatic carbocycles. The third-order valence-electron chi connectivity index (χ3n) is 5.78. The van der Waals surface area contributed by atoms with Gasteiger partial charge in [-0.05, 0) is 37.0 Å². The molecule has 1 aromatic carbocycles. The van der Waals surface area contributed by atoms with Crippen LogP contribution in [0, 0.1) is 11.7 Å². The first-order valence-electron chi connectivity index (χ1n) is 10.3. The Balaban J connectivity index is 0.00000289. The van der Waals surface area contributed by atoms with Gasteiger partial charge in [0.1, 0.15) is 18.7 Å². The molecule has 0 N–H and O–H groups in total. The Bertz CT molecular complexity index is 1010. The Morgan fingerprint density at radius 3 is 2.75 bits per heavy atom. The predicted octanol–water partition coefficient (Wildman–Crippen LogP) is 3.12. The number of nitrogens with zero attached hydrogens (tertiary/aromatic N) is 4. The summed E-state index contributed by atoms with van der Waals surface area (Å²) in [6.45, 7) is 1.04. The highest BCUT2D eigenvalue weighted by atomic mass is 35.5. The number of Topliss-reactive ketones (excluding diaryl/α,β-unsaturated/α-hetero) is 1. The summed E-state index contributed by atoms with van der Waals surface area (Å²) in [6.07, 6.45) is 5.67. The van der Waals surface area contributed by atoms with Crippen LogP contribution < -0.4 is 0 Å². The summed E-state index contributed by atoms with van der Waals surface area (Å²) in [5.74, 6) is -0.188. The molecule has 0 amide bonds. The van der Waals surface area contributed by atoms with Crippen LogP contribution in [0.2, 0.25) is 0 Å². The number of carbonyl (C=O) groups excluding carboxylic acids is 2. The molecular weight excluding hydrogens is 455 g/mol. The van der Waals surface area contributed by atoms with Crippen LogP contribution in [0.25, 0.3) is 6.08 Å². The molecule has 7 nitrogen and oxygen atoms in total. The lowest BCUT2D eigenvalue weighted by atomic mass is 9.93. The van der Waals surface area contributed by atoms with Gasteiger partial charge in [0.25, 0.3) is 0 Å². The van der Waals surface area contributed by atoms with Gasteiger partial charge in [0.15, 0.2) is 11.6 Å². The van der Waals surface area contributed by atoms with Crippen molar-refractivity contribution in [3.63, 3.8) is 0 Å². The van der Waals surface area contributed by atoms with Crippen LogP contribution in [0.1, 0.15) is 36.7 Å². The Hall–Kier alpha value is -2.23. The van der Waals surface area contributed by atoms with E-state index in [1.165, 1.54) is 24.2 Å². The second-order valence-electron chi connectivity index (χ2n) is 7.95. The first-order chi connectivity index (χ1) is 15.0. The highest BCUT2D eigenvalue weighted by molar-refractivity contribution is 7.81. The number of ether oxygens (including phenoxy) is 1. The van der Waals surface area contributed by atoms with E-state index in [9.17, 15) is 14.0 Å². The summed E-state index contributed by atoms with van der Waals surface area (Å²) in [6, 6.07) is 5.88. The van der Waals surface area contributed by atoms with Crippen LogP contribution in [-0.2, 0) is 20.9 Å². The molecule has 4 rings (SSSR count). The summed E-state index contributed by atoms with van der Waals surface area (Å²) < 4.78 is 20.8. The molecule has 2 atom stereocenters. The predicted molar refractivity (Wildman–Crippen MR) is 123 cm³/mol. The van der Waals surface area contributed by atoms with E-state index >= 15 is 0 Å². The average Bonchev–Trinajstić information content (AvgIpc) is 3.53. The van der Waals surface area contributed by atoms with Crippen molar-refractivity contribution in [2.45, 2.75) is 37.1 Å². The molecule has 10 heteroatoms. The fraction of sp³-hybridized carbons (Fsp3) is 0.455. The number of carbonyl (C=O) groups is 2. The zero-order chi connectivity index (χ0) is 22.0. The van der Waals surface area contributed by atoms with Gasteiger partial charge < -0.3 is 4.74 Å². The van der Waals surface area contributed by atoms with Crippen molar-refractivity contribution in [2.75, 3.05) is 20.2 Å². The smallest absolute Gasteiger partial charge is 0.327 e. The molecule has 2 unspecified atom stereocenters. The van der Waals surface area contributed by atoms with E-state index in [2.05, 4.69) is 10.1 Å². The molecule has 1 aromatic heterocycles. The van der Waals surface area contributed by atoms with Gasteiger partial charge >= 0.3 is 5.97 Å². The lowest BCUT2D eigenvalue weighted by Gasteiger charge is -2.37. The van der Waals surface area contributed by atoms with Crippen molar-refractivity contribution >= 4 is 42.9 Å². The fourth-order valence-corrected chi connectivity index (χ4v) is 4.20. The lowest BCUT2D eigenvalue weighted by Crippen LogP contribution is -2.42. The Kier molecular flexibility index (Phi) is 8.08. The van der Waals surface area contributed by atoms with E-state index in [-0.39, 0.29) is 41.7 Å². The van der Waals surface area contributed by atoms with Gasteiger partial charge in [-0.15, -0.1) is 12.4 Å². The summed E-state index contributed by atoms with van der Waals surface area (Å²) >= 11 is 4.71. The summed E-state index contributed by atoms with van der Waals surface area (Å²) in [4.78, 5) is 31.0. The van der Waals surface area contributed by atoms with Crippen molar-refractivity contribution < 1.29 is 18.7 Å². The quantitative estimate of drug-likeness (QED) is 0.484. The molecule has 0 bridgehead atoms. The molecule has 2 aliphatic rings. The zero-order valence-electron chi connectivity index (χ0n) is 17.7. The topological polar surface area (TPSA) is 77.3 Å². The number of benzene rings is 1. The second kappa shape index (κ2) is 10.6. The third kappa shape index (κ3) is 5.39. The van der Waals surface area contributed by atoms with E-state index in [1.54, 1.807) is 18.2 Å². The maximum Gasteiger partial charge on any atom is 0.327 e. The number of esters is 1. The molecule has 2 heterocycles. The highest BCUT2D eigenvalue weighted by Gasteiger charge is 2.40. The van der Waals surface area contributed by atoms with Gasteiger partial charge in [0, 0.05) is 29.8 Å². The molecule has 2 fully saturated rings. The number of aromatic nitrogens is 3. The fourth-order valence-electron chi connectivity index (χ4n) is 3.93. The molecule has 2 aromatic rings. The molecular formula is C22H26ClFN4O3S. The number of thiol groups is 1. The van der Waals surface area contributed by atoms with Crippen LogP contribution >= 0.6 is 25.0 Å². The number of ketones is 1. The van der Waals surface area contributed by atoms with E-state index in [4.69, 9.17) is 17.4 Å². The second-order valence-corrected chi connectivity index (χ2v) is 8.57. The van der Waals surface area contributed by atoms with Crippen molar-refractivity contribution in [1.82, 2.24) is 19.7 Å². The molecule has 1 saturated carbocycles. The van der Waals surface area contributed by atoms with Gasteiger partial charge in [-0.25, -0.2) is 14.1 Å². The Labute approximate surface area is 197 Å². The monoisotopic (exact) mass is 480 g/mol. The van der Waals surface area contributed by atoms with Gasteiger partial charge in [0.2, 0.25) is 0 Å². The molecule has 1 saturated heterocycles. The molecule has 172 valence electrons. The first-order valence-corrected chi connectivity index (χ1v) is 10.8. The summed E-state index contributed by atoms with van der Waals surface area (Å²) in [5.41, 5.74) is 1.36. The van der Waals surface area contributed by atoms with E-state index in [0.717, 1.165) is 18.4 Å².